The zero-order chi connectivity index (χ0) is 28.6. The molecule has 4 amide bonds. The van der Waals surface area contributed by atoms with E-state index in [1.165, 1.54) is 4.90 Å². The number of imide groups is 1. The molecule has 208 valence electrons. The fraction of sp³-hybridized carbons (Fsp3) is 0.312. The lowest BCUT2D eigenvalue weighted by atomic mass is 10.0. The molecule has 4 rings (SSSR count). The summed E-state index contributed by atoms with van der Waals surface area (Å²) in [6, 6.07) is 23.3. The largest absolute Gasteiger partial charge is 0.352 e. The number of halogens is 1. The molecule has 0 saturated heterocycles. The molecule has 1 aliphatic rings. The van der Waals surface area contributed by atoms with Crippen molar-refractivity contribution in [2.24, 2.45) is 0 Å². The maximum atomic E-state index is 13.8. The van der Waals surface area contributed by atoms with E-state index in [9.17, 15) is 19.2 Å². The average molecular weight is 605 g/mol. The quantitative estimate of drug-likeness (QED) is 0.282. The van der Waals surface area contributed by atoms with E-state index in [-0.39, 0.29) is 49.2 Å². The zero-order valence-corrected chi connectivity index (χ0v) is 24.4. The van der Waals surface area contributed by atoms with Gasteiger partial charge in [-0.3, -0.25) is 24.1 Å². The maximum Gasteiger partial charge on any atom is 0.261 e. The van der Waals surface area contributed by atoms with Crippen LogP contribution in [-0.2, 0) is 22.6 Å². The minimum Gasteiger partial charge on any atom is -0.352 e. The van der Waals surface area contributed by atoms with Gasteiger partial charge < -0.3 is 10.2 Å². The molecular formula is C32H34BrN3O4. The van der Waals surface area contributed by atoms with Gasteiger partial charge in [0.1, 0.15) is 6.04 Å². The van der Waals surface area contributed by atoms with Crippen LogP contribution in [0.15, 0.2) is 83.3 Å². The highest BCUT2D eigenvalue weighted by atomic mass is 79.9. The van der Waals surface area contributed by atoms with E-state index in [4.69, 9.17) is 0 Å². The van der Waals surface area contributed by atoms with Crippen molar-refractivity contribution in [3.63, 3.8) is 0 Å². The van der Waals surface area contributed by atoms with E-state index >= 15 is 0 Å². The van der Waals surface area contributed by atoms with E-state index in [1.807, 2.05) is 68.4 Å². The van der Waals surface area contributed by atoms with Crippen LogP contribution in [0.25, 0.3) is 0 Å². The van der Waals surface area contributed by atoms with Crippen LogP contribution in [0, 0.1) is 0 Å². The summed E-state index contributed by atoms with van der Waals surface area (Å²) in [6.45, 7) is 4.33. The van der Waals surface area contributed by atoms with Crippen LogP contribution in [0.4, 0.5) is 0 Å². The Morgan fingerprint density at radius 3 is 2.08 bits per heavy atom. The Bertz CT molecular complexity index is 1330. The highest BCUT2D eigenvalue weighted by Gasteiger charge is 2.35. The summed E-state index contributed by atoms with van der Waals surface area (Å²) >= 11 is 3.45. The Hall–Kier alpha value is -3.78. The van der Waals surface area contributed by atoms with Crippen LogP contribution in [0.1, 0.15) is 65.0 Å². The van der Waals surface area contributed by atoms with Crippen molar-refractivity contribution in [2.45, 2.75) is 58.2 Å². The van der Waals surface area contributed by atoms with Gasteiger partial charge in [0.15, 0.2) is 0 Å². The molecule has 0 radical (unpaired) electrons. The van der Waals surface area contributed by atoms with Gasteiger partial charge in [0.25, 0.3) is 11.8 Å². The molecule has 1 N–H and O–H groups in total. The molecule has 3 aromatic carbocycles. The molecule has 2 atom stereocenters. The SMILES string of the molecule is CC[C@@H](C)NC(=O)[C@@H](Cc1ccccc1)N(Cc1ccc(Br)cc1)C(=O)CCCN1C(=O)c2ccccc2C1=O. The molecule has 3 aromatic rings. The minimum absolute atomic E-state index is 0.0378. The Labute approximate surface area is 243 Å². The van der Waals surface area contributed by atoms with Gasteiger partial charge in [-0.1, -0.05) is 77.5 Å². The Morgan fingerprint density at radius 2 is 1.48 bits per heavy atom. The van der Waals surface area contributed by atoms with Crippen molar-refractivity contribution < 1.29 is 19.2 Å². The van der Waals surface area contributed by atoms with Crippen LogP contribution in [0.3, 0.4) is 0 Å². The highest BCUT2D eigenvalue weighted by molar-refractivity contribution is 9.10. The third kappa shape index (κ3) is 7.04. The number of nitrogens with one attached hydrogen (secondary N) is 1. The first-order valence-corrected chi connectivity index (χ1v) is 14.4. The number of rotatable bonds is 12. The predicted molar refractivity (Wildman–Crippen MR) is 158 cm³/mol. The first-order chi connectivity index (χ1) is 19.3. The number of fused-ring (bicyclic) bond motifs is 1. The molecular weight excluding hydrogens is 570 g/mol. The number of carbonyl (C=O) groups is 4. The third-order valence-electron chi connectivity index (χ3n) is 7.19. The van der Waals surface area contributed by atoms with Gasteiger partial charge >= 0.3 is 0 Å². The van der Waals surface area contributed by atoms with Crippen LogP contribution in [0.2, 0.25) is 0 Å². The first-order valence-electron chi connectivity index (χ1n) is 13.6. The fourth-order valence-corrected chi connectivity index (χ4v) is 5.02. The van der Waals surface area contributed by atoms with Gasteiger partial charge in [0, 0.05) is 36.4 Å². The summed E-state index contributed by atoms with van der Waals surface area (Å²) < 4.78 is 0.922. The number of amides is 4. The van der Waals surface area contributed by atoms with Crippen molar-refractivity contribution in [2.75, 3.05) is 6.54 Å². The first kappa shape index (κ1) is 29.2. The van der Waals surface area contributed by atoms with Crippen molar-refractivity contribution in [3.05, 3.63) is 106 Å². The summed E-state index contributed by atoms with van der Waals surface area (Å²) in [7, 11) is 0. The standard InChI is InChI=1S/C32H34BrN3O4/c1-3-22(2)34-30(38)28(20-23-10-5-4-6-11-23)36(21-24-15-17-25(33)18-16-24)29(37)14-9-19-35-31(39)26-12-7-8-13-27(26)32(35)40/h4-8,10-13,15-18,22,28H,3,9,14,19-21H2,1-2H3,(H,34,38)/t22-,28-/m1/s1. The number of benzene rings is 3. The molecule has 0 spiro atoms. The van der Waals surface area contributed by atoms with Crippen molar-refractivity contribution in [1.82, 2.24) is 15.1 Å². The summed E-state index contributed by atoms with van der Waals surface area (Å²) in [5.41, 5.74) is 2.62. The predicted octanol–water partition coefficient (Wildman–Crippen LogP) is 5.38. The van der Waals surface area contributed by atoms with Crippen molar-refractivity contribution in [1.29, 1.82) is 0 Å². The summed E-state index contributed by atoms with van der Waals surface area (Å²) in [4.78, 5) is 55.8. The molecule has 0 saturated carbocycles. The molecule has 8 heteroatoms. The smallest absolute Gasteiger partial charge is 0.261 e. The second-order valence-corrected chi connectivity index (χ2v) is 11.0. The van der Waals surface area contributed by atoms with Crippen molar-refractivity contribution in [3.8, 4) is 0 Å². The van der Waals surface area contributed by atoms with E-state index in [0.717, 1.165) is 22.0 Å². The molecule has 40 heavy (non-hydrogen) atoms. The lowest BCUT2D eigenvalue weighted by Crippen LogP contribution is -2.52. The van der Waals surface area contributed by atoms with E-state index in [0.29, 0.717) is 24.0 Å². The molecule has 0 fully saturated rings. The number of nitrogens with zero attached hydrogens (tertiary/aromatic N) is 2. The monoisotopic (exact) mass is 603 g/mol. The lowest BCUT2D eigenvalue weighted by molar-refractivity contribution is -0.141. The minimum atomic E-state index is -0.730. The van der Waals surface area contributed by atoms with Gasteiger partial charge in [-0.2, -0.15) is 0 Å². The molecule has 7 nitrogen and oxygen atoms in total. The molecule has 1 heterocycles. The molecule has 0 aromatic heterocycles. The van der Waals surface area contributed by atoms with Gasteiger partial charge in [0.2, 0.25) is 11.8 Å². The molecule has 0 bridgehead atoms. The Morgan fingerprint density at radius 1 is 0.875 bits per heavy atom. The normalized spacial score (nSPS) is 14.0. The third-order valence-corrected chi connectivity index (χ3v) is 7.72. The number of carbonyl (C=O) groups excluding carboxylic acids is 4. The van der Waals surface area contributed by atoms with Crippen LogP contribution >= 0.6 is 15.9 Å². The van der Waals surface area contributed by atoms with Gasteiger partial charge in [-0.15, -0.1) is 0 Å². The zero-order valence-electron chi connectivity index (χ0n) is 22.8. The highest BCUT2D eigenvalue weighted by Crippen LogP contribution is 2.23. The average Bonchev–Trinajstić information content (AvgIpc) is 3.21. The van der Waals surface area contributed by atoms with Gasteiger partial charge in [-0.25, -0.2) is 0 Å². The lowest BCUT2D eigenvalue weighted by Gasteiger charge is -2.32. The van der Waals surface area contributed by atoms with E-state index < -0.39 is 6.04 Å². The topological polar surface area (TPSA) is 86.8 Å². The number of hydrogen-bond donors (Lipinski definition) is 1. The Balaban J connectivity index is 1.54. The molecule has 0 unspecified atom stereocenters. The second kappa shape index (κ2) is 13.5. The summed E-state index contributed by atoms with van der Waals surface area (Å²) in [6.07, 6.45) is 1.52. The fourth-order valence-electron chi connectivity index (χ4n) is 4.76. The molecule has 1 aliphatic heterocycles. The van der Waals surface area contributed by atoms with E-state index in [1.54, 1.807) is 29.2 Å². The second-order valence-electron chi connectivity index (χ2n) is 10.1. The number of hydrogen-bond acceptors (Lipinski definition) is 4. The van der Waals surface area contributed by atoms with Crippen LogP contribution < -0.4 is 5.32 Å². The van der Waals surface area contributed by atoms with Gasteiger partial charge in [-0.05, 0) is 55.2 Å². The summed E-state index contributed by atoms with van der Waals surface area (Å²) in [5.74, 6) is -1.09. The molecule has 0 aliphatic carbocycles. The maximum absolute atomic E-state index is 13.8. The Kier molecular flexibility index (Phi) is 9.88. The van der Waals surface area contributed by atoms with Crippen molar-refractivity contribution >= 4 is 39.6 Å². The van der Waals surface area contributed by atoms with Gasteiger partial charge in [0.05, 0.1) is 11.1 Å². The van der Waals surface area contributed by atoms with Crippen LogP contribution in [0.5, 0.6) is 0 Å². The van der Waals surface area contributed by atoms with Crippen LogP contribution in [-0.4, -0.2) is 52.1 Å². The van der Waals surface area contributed by atoms with E-state index in [2.05, 4.69) is 21.2 Å². The summed E-state index contributed by atoms with van der Waals surface area (Å²) in [5, 5.41) is 3.06.